The molecule has 0 aliphatic carbocycles. The van der Waals surface area contributed by atoms with Crippen molar-refractivity contribution in [1.29, 1.82) is 0 Å². The number of amides is 1. The van der Waals surface area contributed by atoms with Crippen LogP contribution in [0, 0.1) is 12.3 Å². The first kappa shape index (κ1) is 15.7. The first-order valence-corrected chi connectivity index (χ1v) is 9.14. The van der Waals surface area contributed by atoms with Crippen LogP contribution in [-0.4, -0.2) is 43.4 Å². The quantitative estimate of drug-likeness (QED) is 0.926. The van der Waals surface area contributed by atoms with E-state index in [1.807, 2.05) is 30.0 Å². The lowest BCUT2D eigenvalue weighted by molar-refractivity contribution is 0.0567. The summed E-state index contributed by atoms with van der Waals surface area (Å²) in [5, 5.41) is 10.2. The molecule has 3 atom stereocenters. The van der Waals surface area contributed by atoms with Gasteiger partial charge in [-0.15, -0.1) is 0 Å². The van der Waals surface area contributed by atoms with Crippen molar-refractivity contribution in [1.82, 2.24) is 13.6 Å². The van der Waals surface area contributed by atoms with Crippen LogP contribution in [0.25, 0.3) is 0 Å². The molecule has 5 nitrogen and oxygen atoms in total. The van der Waals surface area contributed by atoms with Crippen LogP contribution < -0.4 is 0 Å². The van der Waals surface area contributed by atoms with Crippen molar-refractivity contribution < 1.29 is 9.90 Å². The van der Waals surface area contributed by atoms with Gasteiger partial charge in [0.05, 0.1) is 24.0 Å². The van der Waals surface area contributed by atoms with Gasteiger partial charge in [-0.05, 0) is 38.2 Å². The van der Waals surface area contributed by atoms with Gasteiger partial charge in [-0.1, -0.05) is 30.3 Å². The van der Waals surface area contributed by atoms with Crippen molar-refractivity contribution in [3.8, 4) is 0 Å². The second-order valence-corrected chi connectivity index (χ2v) is 7.57. The van der Waals surface area contributed by atoms with Crippen molar-refractivity contribution in [3.63, 3.8) is 0 Å². The van der Waals surface area contributed by atoms with E-state index in [2.05, 4.69) is 20.9 Å². The molecule has 126 valence electrons. The largest absolute Gasteiger partial charge is 0.396 e. The molecule has 24 heavy (non-hydrogen) atoms. The maximum Gasteiger partial charge on any atom is 0.276 e. The van der Waals surface area contributed by atoms with Crippen LogP contribution in [0.3, 0.4) is 0 Å². The molecular formula is C18H21N3O2S. The van der Waals surface area contributed by atoms with Crippen LogP contribution in [0.5, 0.6) is 0 Å². The average Bonchev–Trinajstić information content (AvgIpc) is 3.28. The summed E-state index contributed by atoms with van der Waals surface area (Å²) in [6.45, 7) is 1.94. The fourth-order valence-electron chi connectivity index (χ4n) is 4.56. The van der Waals surface area contributed by atoms with Crippen molar-refractivity contribution in [2.75, 3.05) is 6.61 Å². The number of rotatable bonds is 4. The van der Waals surface area contributed by atoms with Crippen molar-refractivity contribution in [2.45, 2.75) is 44.7 Å². The molecule has 2 bridgehead atoms. The minimum atomic E-state index is -0.239. The predicted octanol–water partition coefficient (Wildman–Crippen LogP) is 2.44. The zero-order valence-electron chi connectivity index (χ0n) is 13.7. The highest BCUT2D eigenvalue weighted by molar-refractivity contribution is 6.99. The lowest BCUT2D eigenvalue weighted by Gasteiger charge is -2.36. The molecule has 1 amide bonds. The average molecular weight is 343 g/mol. The smallest absolute Gasteiger partial charge is 0.276 e. The van der Waals surface area contributed by atoms with E-state index in [1.165, 1.54) is 5.56 Å². The summed E-state index contributed by atoms with van der Waals surface area (Å²) in [4.78, 5) is 15.0. The third kappa shape index (κ3) is 2.36. The lowest BCUT2D eigenvalue weighted by atomic mass is 9.70. The van der Waals surface area contributed by atoms with Crippen LogP contribution in [-0.2, 0) is 6.42 Å². The summed E-state index contributed by atoms with van der Waals surface area (Å²) < 4.78 is 8.33. The van der Waals surface area contributed by atoms with E-state index >= 15 is 0 Å². The van der Waals surface area contributed by atoms with E-state index in [9.17, 15) is 9.90 Å². The van der Waals surface area contributed by atoms with Crippen molar-refractivity contribution in [2.24, 2.45) is 5.41 Å². The number of hydrogen-bond acceptors (Lipinski definition) is 5. The van der Waals surface area contributed by atoms with Crippen molar-refractivity contribution in [3.05, 3.63) is 47.3 Å². The van der Waals surface area contributed by atoms with E-state index in [-0.39, 0.29) is 30.0 Å². The Balaban J connectivity index is 1.63. The normalized spacial score (nSPS) is 28.5. The maximum atomic E-state index is 13.0. The van der Waals surface area contributed by atoms with Gasteiger partial charge < -0.3 is 10.0 Å². The van der Waals surface area contributed by atoms with Crippen LogP contribution in [0.1, 0.15) is 41.0 Å². The second kappa shape index (κ2) is 5.93. The Morgan fingerprint density at radius 1 is 1.33 bits per heavy atom. The molecular weight excluding hydrogens is 322 g/mol. The number of aliphatic hydroxyl groups excluding tert-OH is 1. The Hall–Kier alpha value is -1.79. The Bertz CT molecular complexity index is 748. The number of aromatic nitrogens is 2. The molecule has 2 aliphatic heterocycles. The van der Waals surface area contributed by atoms with Gasteiger partial charge in [0.1, 0.15) is 0 Å². The molecule has 2 saturated heterocycles. The maximum absolute atomic E-state index is 13.0. The minimum absolute atomic E-state index is 0.0165. The van der Waals surface area contributed by atoms with Gasteiger partial charge in [0.2, 0.25) is 0 Å². The Kier molecular flexibility index (Phi) is 3.89. The summed E-state index contributed by atoms with van der Waals surface area (Å²) >= 11 is 1.09. The van der Waals surface area contributed by atoms with Gasteiger partial charge in [-0.25, -0.2) is 0 Å². The number of fused-ring (bicyclic) bond motifs is 2. The van der Waals surface area contributed by atoms with Crippen molar-refractivity contribution >= 4 is 17.6 Å². The first-order valence-electron chi connectivity index (χ1n) is 8.41. The fourth-order valence-corrected chi connectivity index (χ4v) is 5.10. The molecule has 3 heterocycles. The van der Waals surface area contributed by atoms with E-state index in [0.717, 1.165) is 37.4 Å². The molecule has 2 fully saturated rings. The van der Waals surface area contributed by atoms with Crippen LogP contribution in [0.2, 0.25) is 0 Å². The lowest BCUT2D eigenvalue weighted by Crippen LogP contribution is -2.44. The van der Waals surface area contributed by atoms with E-state index in [1.54, 1.807) is 0 Å². The molecule has 0 unspecified atom stereocenters. The fraction of sp³-hybridized carbons (Fsp3) is 0.500. The summed E-state index contributed by atoms with van der Waals surface area (Å²) in [6, 6.07) is 10.6. The summed E-state index contributed by atoms with van der Waals surface area (Å²) in [6.07, 6.45) is 3.65. The molecule has 1 aromatic carbocycles. The second-order valence-electron chi connectivity index (χ2n) is 7.04. The van der Waals surface area contributed by atoms with Gasteiger partial charge in [0.15, 0.2) is 5.69 Å². The van der Waals surface area contributed by atoms with Gasteiger partial charge in [0, 0.05) is 17.5 Å². The Labute approximate surface area is 145 Å². The molecule has 0 spiro atoms. The molecule has 0 radical (unpaired) electrons. The summed E-state index contributed by atoms with van der Waals surface area (Å²) in [7, 11) is 0. The highest BCUT2D eigenvalue weighted by Crippen LogP contribution is 2.51. The SMILES string of the molecule is Cc1nsnc1C(=O)N1[C@H]2CC[C@@H]1[C@@](CO)(Cc1ccccc1)C2. The molecule has 6 heteroatoms. The standard InChI is InChI=1S/C18H21N3O2S/c1-12-16(20-24-19-12)17(23)21-14-7-8-15(21)18(10-14,11-22)9-13-5-3-2-4-6-13/h2-6,14-15,22H,7-11H2,1H3/t14-,15+,18-/m0/s1. The monoisotopic (exact) mass is 343 g/mol. The third-order valence-electron chi connectivity index (χ3n) is 5.66. The van der Waals surface area contributed by atoms with Crippen LogP contribution in [0.4, 0.5) is 0 Å². The number of carbonyl (C=O) groups excluding carboxylic acids is 1. The predicted molar refractivity (Wildman–Crippen MR) is 91.9 cm³/mol. The molecule has 0 saturated carbocycles. The number of hydrogen-bond donors (Lipinski definition) is 1. The Morgan fingerprint density at radius 3 is 2.79 bits per heavy atom. The third-order valence-corrected chi connectivity index (χ3v) is 6.27. The number of nitrogens with zero attached hydrogens (tertiary/aromatic N) is 3. The summed E-state index contributed by atoms with van der Waals surface area (Å²) in [5.74, 6) is -0.0165. The topological polar surface area (TPSA) is 66.3 Å². The number of carbonyl (C=O) groups is 1. The molecule has 2 aliphatic rings. The molecule has 1 aromatic heterocycles. The zero-order chi connectivity index (χ0) is 16.7. The van der Waals surface area contributed by atoms with Gasteiger partial charge in [-0.2, -0.15) is 8.75 Å². The molecule has 2 aromatic rings. The Morgan fingerprint density at radius 2 is 2.12 bits per heavy atom. The highest BCUT2D eigenvalue weighted by atomic mass is 32.1. The van der Waals surface area contributed by atoms with E-state index < -0.39 is 0 Å². The summed E-state index contributed by atoms with van der Waals surface area (Å²) in [5.41, 5.74) is 2.16. The molecule has 1 N–H and O–H groups in total. The van der Waals surface area contributed by atoms with Crippen LogP contribution >= 0.6 is 11.7 Å². The number of aliphatic hydroxyl groups is 1. The van der Waals surface area contributed by atoms with E-state index in [4.69, 9.17) is 0 Å². The zero-order valence-corrected chi connectivity index (χ0v) is 14.5. The van der Waals surface area contributed by atoms with Gasteiger partial charge in [0.25, 0.3) is 5.91 Å². The minimum Gasteiger partial charge on any atom is -0.396 e. The number of aryl methyl sites for hydroxylation is 1. The van der Waals surface area contributed by atoms with Gasteiger partial charge in [-0.3, -0.25) is 4.79 Å². The van der Waals surface area contributed by atoms with Gasteiger partial charge >= 0.3 is 0 Å². The van der Waals surface area contributed by atoms with E-state index in [0.29, 0.717) is 11.4 Å². The molecule has 4 rings (SSSR count). The first-order chi connectivity index (χ1) is 11.6. The number of benzene rings is 1. The highest BCUT2D eigenvalue weighted by Gasteiger charge is 2.57. The van der Waals surface area contributed by atoms with Crippen LogP contribution in [0.15, 0.2) is 30.3 Å².